The number of halogens is 1. The van der Waals surface area contributed by atoms with E-state index in [1.807, 2.05) is 0 Å². The molecule has 4 saturated carbocycles. The maximum atomic E-state index is 14.0. The lowest BCUT2D eigenvalue weighted by Crippen LogP contribution is -2.55. The van der Waals surface area contributed by atoms with Crippen LogP contribution in [0.25, 0.3) is 0 Å². The fourth-order valence-electron chi connectivity index (χ4n) is 6.74. The highest BCUT2D eigenvalue weighted by molar-refractivity contribution is 7.89. The van der Waals surface area contributed by atoms with Crippen molar-refractivity contribution in [2.24, 2.45) is 23.2 Å². The van der Waals surface area contributed by atoms with Crippen LogP contribution in [0.4, 0.5) is 4.39 Å². The number of Topliss-reactive ketones (excluding diaryl/α,β-unsaturated/α-hetero) is 1. The van der Waals surface area contributed by atoms with Gasteiger partial charge in [0.1, 0.15) is 10.7 Å². The van der Waals surface area contributed by atoms with E-state index in [1.54, 1.807) is 0 Å². The van der Waals surface area contributed by atoms with Crippen LogP contribution in [0.1, 0.15) is 38.5 Å². The zero-order valence-electron chi connectivity index (χ0n) is 16.7. The average Bonchev–Trinajstić information content (AvgIpc) is 2.67. The van der Waals surface area contributed by atoms with Gasteiger partial charge in [-0.2, -0.15) is 4.31 Å². The third-order valence-corrected chi connectivity index (χ3v) is 9.71. The molecular weight excluding hydrogens is 391 g/mol. The summed E-state index contributed by atoms with van der Waals surface area (Å²) in [7, 11) is -3.83. The van der Waals surface area contributed by atoms with Crippen molar-refractivity contribution in [3.05, 3.63) is 30.1 Å². The van der Waals surface area contributed by atoms with Gasteiger partial charge in [0.25, 0.3) is 0 Å². The van der Waals surface area contributed by atoms with Crippen molar-refractivity contribution < 1.29 is 17.6 Å². The number of sulfonamides is 1. The van der Waals surface area contributed by atoms with Crippen molar-refractivity contribution in [2.75, 3.05) is 32.7 Å². The molecule has 0 amide bonds. The summed E-state index contributed by atoms with van der Waals surface area (Å²) in [5.41, 5.74) is -0.106. The van der Waals surface area contributed by atoms with Gasteiger partial charge in [-0.05, 0) is 68.4 Å². The first-order chi connectivity index (χ1) is 13.9. The molecule has 0 radical (unpaired) electrons. The summed E-state index contributed by atoms with van der Waals surface area (Å²) in [6.45, 7) is 2.06. The number of piperazine rings is 1. The molecule has 0 aromatic heterocycles. The Balaban J connectivity index is 1.22. The van der Waals surface area contributed by atoms with Gasteiger partial charge < -0.3 is 0 Å². The molecule has 0 unspecified atom stereocenters. The normalized spacial score (nSPS) is 35.1. The van der Waals surface area contributed by atoms with Gasteiger partial charge >= 0.3 is 0 Å². The Morgan fingerprint density at radius 1 is 0.966 bits per heavy atom. The van der Waals surface area contributed by atoms with Crippen molar-refractivity contribution in [1.29, 1.82) is 0 Å². The maximum Gasteiger partial charge on any atom is 0.246 e. The number of carbonyl (C=O) groups is 1. The van der Waals surface area contributed by atoms with Crippen LogP contribution in [0.2, 0.25) is 0 Å². The second kappa shape index (κ2) is 7.13. The second-order valence-electron chi connectivity index (χ2n) is 9.73. The lowest BCUT2D eigenvalue weighted by molar-refractivity contribution is -0.145. The minimum absolute atomic E-state index is 0.106. The highest BCUT2D eigenvalue weighted by Gasteiger charge is 2.54. The molecule has 1 aromatic carbocycles. The number of rotatable bonds is 5. The van der Waals surface area contributed by atoms with Gasteiger partial charge in [0.15, 0.2) is 5.78 Å². The van der Waals surface area contributed by atoms with E-state index < -0.39 is 15.8 Å². The first-order valence-electron chi connectivity index (χ1n) is 10.9. The van der Waals surface area contributed by atoms with Crippen LogP contribution >= 0.6 is 0 Å². The largest absolute Gasteiger partial charge is 0.298 e. The van der Waals surface area contributed by atoms with E-state index in [4.69, 9.17) is 0 Å². The molecule has 29 heavy (non-hydrogen) atoms. The molecule has 4 bridgehead atoms. The third kappa shape index (κ3) is 3.45. The van der Waals surface area contributed by atoms with Gasteiger partial charge in [-0.15, -0.1) is 0 Å². The number of benzene rings is 1. The number of hydrogen-bond donors (Lipinski definition) is 0. The third-order valence-electron chi connectivity index (χ3n) is 7.78. The molecule has 1 aromatic rings. The number of nitrogens with zero attached hydrogens (tertiary/aromatic N) is 2. The Hall–Kier alpha value is -1.31. The summed E-state index contributed by atoms with van der Waals surface area (Å²) in [6, 6.07) is 5.51. The summed E-state index contributed by atoms with van der Waals surface area (Å²) >= 11 is 0. The molecule has 0 atom stereocenters. The predicted molar refractivity (Wildman–Crippen MR) is 107 cm³/mol. The van der Waals surface area contributed by atoms with Crippen molar-refractivity contribution in [1.82, 2.24) is 9.21 Å². The van der Waals surface area contributed by atoms with Crippen LogP contribution in [-0.2, 0) is 14.8 Å². The molecule has 5 aliphatic rings. The highest BCUT2D eigenvalue weighted by Crippen LogP contribution is 2.60. The quantitative estimate of drug-likeness (QED) is 0.735. The van der Waals surface area contributed by atoms with Gasteiger partial charge in [0, 0.05) is 31.6 Å². The topological polar surface area (TPSA) is 57.7 Å². The first kappa shape index (κ1) is 19.6. The van der Waals surface area contributed by atoms with Gasteiger partial charge in [-0.25, -0.2) is 12.8 Å². The zero-order valence-corrected chi connectivity index (χ0v) is 17.5. The smallest absolute Gasteiger partial charge is 0.246 e. The molecule has 6 rings (SSSR count). The zero-order chi connectivity index (χ0) is 20.2. The van der Waals surface area contributed by atoms with Crippen molar-refractivity contribution in [3.63, 3.8) is 0 Å². The van der Waals surface area contributed by atoms with Crippen LogP contribution in [0, 0.1) is 29.0 Å². The Morgan fingerprint density at radius 2 is 1.52 bits per heavy atom. The Kier molecular flexibility index (Phi) is 4.83. The predicted octanol–water partition coefficient (Wildman–Crippen LogP) is 2.92. The Bertz CT molecular complexity index is 873. The van der Waals surface area contributed by atoms with E-state index in [2.05, 4.69) is 4.90 Å². The van der Waals surface area contributed by atoms with E-state index in [1.165, 1.54) is 47.8 Å². The van der Waals surface area contributed by atoms with Crippen molar-refractivity contribution in [3.8, 4) is 0 Å². The van der Waals surface area contributed by atoms with Crippen LogP contribution in [0.15, 0.2) is 29.2 Å². The van der Waals surface area contributed by atoms with Crippen LogP contribution in [0.5, 0.6) is 0 Å². The minimum Gasteiger partial charge on any atom is -0.298 e. The van der Waals surface area contributed by atoms with Gasteiger partial charge in [0.05, 0.1) is 6.54 Å². The van der Waals surface area contributed by atoms with Gasteiger partial charge in [-0.1, -0.05) is 12.1 Å². The fourth-order valence-corrected chi connectivity index (χ4v) is 8.23. The number of carbonyl (C=O) groups excluding carboxylic acids is 1. The monoisotopic (exact) mass is 420 g/mol. The summed E-state index contributed by atoms with van der Waals surface area (Å²) in [5, 5.41) is 0. The van der Waals surface area contributed by atoms with Crippen molar-refractivity contribution in [2.45, 2.75) is 43.4 Å². The second-order valence-corrected chi connectivity index (χ2v) is 11.6. The van der Waals surface area contributed by atoms with E-state index in [0.717, 1.165) is 37.0 Å². The molecule has 1 aliphatic heterocycles. The summed E-state index contributed by atoms with van der Waals surface area (Å²) in [4.78, 5) is 15.1. The molecular formula is C22H29FN2O3S. The number of hydrogen-bond acceptors (Lipinski definition) is 4. The molecule has 0 N–H and O–H groups in total. The van der Waals surface area contributed by atoms with E-state index >= 15 is 0 Å². The highest BCUT2D eigenvalue weighted by atomic mass is 32.2. The van der Waals surface area contributed by atoms with Crippen LogP contribution < -0.4 is 0 Å². The lowest BCUT2D eigenvalue weighted by Gasteiger charge is -2.56. The summed E-state index contributed by atoms with van der Waals surface area (Å²) in [6.07, 6.45) is 7.16. The Labute approximate surface area is 172 Å². The molecule has 158 valence electrons. The van der Waals surface area contributed by atoms with Crippen molar-refractivity contribution >= 4 is 15.8 Å². The average molecular weight is 421 g/mol. The molecule has 0 spiro atoms. The maximum absolute atomic E-state index is 14.0. The van der Waals surface area contributed by atoms with E-state index in [0.29, 0.717) is 38.5 Å². The van der Waals surface area contributed by atoms with E-state index in [-0.39, 0.29) is 10.3 Å². The summed E-state index contributed by atoms with van der Waals surface area (Å²) < 4.78 is 40.9. The molecule has 1 saturated heterocycles. The molecule has 1 heterocycles. The lowest BCUT2D eigenvalue weighted by atomic mass is 9.48. The van der Waals surface area contributed by atoms with E-state index in [9.17, 15) is 17.6 Å². The van der Waals surface area contributed by atoms with Crippen LogP contribution in [0.3, 0.4) is 0 Å². The fraction of sp³-hybridized carbons (Fsp3) is 0.682. The van der Waals surface area contributed by atoms with Gasteiger partial charge in [-0.3, -0.25) is 9.69 Å². The van der Waals surface area contributed by atoms with Crippen LogP contribution in [-0.4, -0.2) is 56.1 Å². The Morgan fingerprint density at radius 3 is 2.07 bits per heavy atom. The molecule has 4 aliphatic carbocycles. The first-order valence-corrected chi connectivity index (χ1v) is 12.3. The molecule has 7 heteroatoms. The summed E-state index contributed by atoms with van der Waals surface area (Å²) in [5.74, 6) is 1.89. The molecule has 5 nitrogen and oxygen atoms in total. The van der Waals surface area contributed by atoms with Gasteiger partial charge in [0.2, 0.25) is 10.0 Å². The SMILES string of the molecule is O=C(CN1CCN(S(=O)(=O)c2ccccc2F)CC1)C12CC3CC(CC(C3)C1)C2. The molecule has 5 fully saturated rings. The number of ketones is 1. The minimum atomic E-state index is -3.83. The standard InChI is InChI=1S/C22H29FN2O3S/c23-19-3-1-2-4-20(19)29(27,28)25-7-5-24(6-8-25)15-21(26)22-12-16-9-17(13-22)11-18(10-16)14-22/h1-4,16-18H,5-15H2.